The van der Waals surface area contributed by atoms with Crippen molar-refractivity contribution in [1.29, 1.82) is 0 Å². The molecule has 0 saturated carbocycles. The molecule has 0 bridgehead atoms. The highest BCUT2D eigenvalue weighted by molar-refractivity contribution is 5.75. The number of benzene rings is 1. The van der Waals surface area contributed by atoms with Crippen molar-refractivity contribution in [2.24, 2.45) is 5.84 Å². The summed E-state index contributed by atoms with van der Waals surface area (Å²) >= 11 is 0. The lowest BCUT2D eigenvalue weighted by Crippen LogP contribution is -2.06. The summed E-state index contributed by atoms with van der Waals surface area (Å²) in [6, 6.07) is 4.88. The molecule has 0 aliphatic heterocycles. The Morgan fingerprint density at radius 1 is 1.50 bits per heavy atom. The summed E-state index contributed by atoms with van der Waals surface area (Å²) in [4.78, 5) is 3.93. The van der Waals surface area contributed by atoms with Crippen LogP contribution in [-0.4, -0.2) is 10.1 Å². The molecule has 0 atom stereocenters. The van der Waals surface area contributed by atoms with Crippen LogP contribution in [0.3, 0.4) is 0 Å². The first-order valence-electron chi connectivity index (χ1n) is 3.36. The van der Waals surface area contributed by atoms with Crippen LogP contribution in [0, 0.1) is 0 Å². The minimum absolute atomic E-state index is 0.152. The van der Waals surface area contributed by atoms with Gasteiger partial charge in [-0.3, -0.25) is 5.43 Å². The number of nitrogen functional groups attached to an aromatic ring is 1. The standard InChI is InChI=1S/C7H7N3O2/c8-10-7-9-5-3-4(11)1-2-6(5)12-7/h1-3,11H,8H2,(H,9,10). The summed E-state index contributed by atoms with van der Waals surface area (Å²) in [6.07, 6.45) is 0. The maximum absolute atomic E-state index is 9.08. The van der Waals surface area contributed by atoms with Crippen LogP contribution >= 0.6 is 0 Å². The lowest BCUT2D eigenvalue weighted by molar-refractivity contribution is 0.476. The number of hydrazine groups is 1. The number of fused-ring (bicyclic) bond motifs is 1. The number of phenols is 1. The normalized spacial score (nSPS) is 10.4. The minimum Gasteiger partial charge on any atom is -0.508 e. The molecule has 0 aliphatic carbocycles. The molecule has 1 aromatic carbocycles. The smallest absolute Gasteiger partial charge is 0.310 e. The van der Waals surface area contributed by atoms with Gasteiger partial charge in [0.2, 0.25) is 0 Å². The summed E-state index contributed by atoms with van der Waals surface area (Å²) < 4.78 is 5.11. The van der Waals surface area contributed by atoms with Gasteiger partial charge >= 0.3 is 6.01 Å². The van der Waals surface area contributed by atoms with Crippen LogP contribution in [0.5, 0.6) is 5.75 Å². The van der Waals surface area contributed by atoms with Crippen molar-refractivity contribution in [2.45, 2.75) is 0 Å². The zero-order valence-corrected chi connectivity index (χ0v) is 6.11. The zero-order valence-electron chi connectivity index (χ0n) is 6.11. The molecule has 2 rings (SSSR count). The first-order chi connectivity index (χ1) is 5.79. The highest BCUT2D eigenvalue weighted by Gasteiger charge is 2.03. The Morgan fingerprint density at radius 2 is 2.33 bits per heavy atom. The van der Waals surface area contributed by atoms with Crippen LogP contribution in [0.15, 0.2) is 22.6 Å². The Labute approximate surface area is 67.8 Å². The average molecular weight is 165 g/mol. The van der Waals surface area contributed by atoms with Crippen molar-refractivity contribution < 1.29 is 9.52 Å². The fourth-order valence-corrected chi connectivity index (χ4v) is 0.978. The van der Waals surface area contributed by atoms with Crippen LogP contribution in [0.1, 0.15) is 0 Å². The van der Waals surface area contributed by atoms with E-state index in [2.05, 4.69) is 10.4 Å². The number of phenolic OH excluding ortho intramolecular Hbond substituents is 1. The zero-order chi connectivity index (χ0) is 8.55. The Hall–Kier alpha value is -1.75. The van der Waals surface area contributed by atoms with E-state index in [0.29, 0.717) is 11.1 Å². The highest BCUT2D eigenvalue weighted by Crippen LogP contribution is 2.21. The number of hydrogen-bond acceptors (Lipinski definition) is 5. The third-order valence-corrected chi connectivity index (χ3v) is 1.49. The molecule has 0 spiro atoms. The van der Waals surface area contributed by atoms with Gasteiger partial charge in [-0.2, -0.15) is 4.98 Å². The molecule has 12 heavy (non-hydrogen) atoms. The number of aromatic hydroxyl groups is 1. The van der Waals surface area contributed by atoms with E-state index >= 15 is 0 Å². The molecule has 0 radical (unpaired) electrons. The van der Waals surface area contributed by atoms with Gasteiger partial charge in [-0.25, -0.2) is 5.84 Å². The van der Waals surface area contributed by atoms with E-state index in [1.54, 1.807) is 6.07 Å². The monoisotopic (exact) mass is 165 g/mol. The lowest BCUT2D eigenvalue weighted by atomic mass is 10.3. The van der Waals surface area contributed by atoms with E-state index in [-0.39, 0.29) is 11.8 Å². The molecular weight excluding hydrogens is 158 g/mol. The van der Waals surface area contributed by atoms with Crippen molar-refractivity contribution in [3.8, 4) is 5.75 Å². The lowest BCUT2D eigenvalue weighted by Gasteiger charge is -1.87. The topological polar surface area (TPSA) is 84.3 Å². The number of nitrogens with two attached hydrogens (primary N) is 1. The molecule has 1 aromatic heterocycles. The van der Waals surface area contributed by atoms with Gasteiger partial charge in [0.15, 0.2) is 5.58 Å². The number of oxazole rings is 1. The van der Waals surface area contributed by atoms with E-state index in [1.165, 1.54) is 12.1 Å². The van der Waals surface area contributed by atoms with Gasteiger partial charge in [0.05, 0.1) is 0 Å². The predicted molar refractivity (Wildman–Crippen MR) is 43.5 cm³/mol. The summed E-state index contributed by atoms with van der Waals surface area (Å²) in [7, 11) is 0. The van der Waals surface area contributed by atoms with Gasteiger partial charge in [-0.05, 0) is 12.1 Å². The Kier molecular flexibility index (Phi) is 1.38. The highest BCUT2D eigenvalue weighted by atomic mass is 16.4. The molecular formula is C7H7N3O2. The molecule has 1 heterocycles. The SMILES string of the molecule is NNc1nc2cc(O)ccc2o1. The van der Waals surface area contributed by atoms with Crippen LogP contribution < -0.4 is 11.3 Å². The number of anilines is 1. The molecule has 0 amide bonds. The predicted octanol–water partition coefficient (Wildman–Crippen LogP) is 0.819. The van der Waals surface area contributed by atoms with Crippen LogP contribution in [0.4, 0.5) is 6.01 Å². The second-order valence-electron chi connectivity index (χ2n) is 2.32. The Balaban J connectivity index is 2.67. The molecule has 2 aromatic rings. The molecule has 0 aliphatic rings. The Bertz CT molecular complexity index is 410. The molecule has 0 unspecified atom stereocenters. The summed E-state index contributed by atoms with van der Waals surface area (Å²) in [6.45, 7) is 0. The van der Waals surface area contributed by atoms with Gasteiger partial charge in [-0.1, -0.05) is 0 Å². The maximum Gasteiger partial charge on any atom is 0.310 e. The van der Waals surface area contributed by atoms with Crippen molar-refractivity contribution in [2.75, 3.05) is 5.43 Å². The van der Waals surface area contributed by atoms with E-state index in [4.69, 9.17) is 15.4 Å². The van der Waals surface area contributed by atoms with Gasteiger partial charge < -0.3 is 9.52 Å². The minimum atomic E-state index is 0.152. The van der Waals surface area contributed by atoms with E-state index in [1.807, 2.05) is 0 Å². The van der Waals surface area contributed by atoms with E-state index < -0.39 is 0 Å². The number of hydrogen-bond donors (Lipinski definition) is 3. The molecule has 0 fully saturated rings. The summed E-state index contributed by atoms with van der Waals surface area (Å²) in [5, 5.41) is 9.08. The van der Waals surface area contributed by atoms with Gasteiger partial charge in [0.1, 0.15) is 11.3 Å². The second-order valence-corrected chi connectivity index (χ2v) is 2.32. The number of rotatable bonds is 1. The molecule has 62 valence electrons. The third kappa shape index (κ3) is 0.960. The van der Waals surface area contributed by atoms with Crippen molar-refractivity contribution in [3.63, 3.8) is 0 Å². The van der Waals surface area contributed by atoms with E-state index in [9.17, 15) is 0 Å². The molecule has 4 N–H and O–H groups in total. The number of nitrogens with one attached hydrogen (secondary N) is 1. The quantitative estimate of drug-likeness (QED) is 0.430. The average Bonchev–Trinajstić information content (AvgIpc) is 2.46. The molecule has 5 nitrogen and oxygen atoms in total. The number of nitrogens with zero attached hydrogens (tertiary/aromatic N) is 1. The van der Waals surface area contributed by atoms with E-state index in [0.717, 1.165) is 0 Å². The first-order valence-corrected chi connectivity index (χ1v) is 3.36. The van der Waals surface area contributed by atoms with Gasteiger partial charge in [0, 0.05) is 6.07 Å². The maximum atomic E-state index is 9.08. The van der Waals surface area contributed by atoms with Crippen molar-refractivity contribution in [3.05, 3.63) is 18.2 Å². The summed E-state index contributed by atoms with van der Waals surface area (Å²) in [5.41, 5.74) is 3.43. The summed E-state index contributed by atoms with van der Waals surface area (Å²) in [5.74, 6) is 5.24. The first kappa shape index (κ1) is 6.93. The van der Waals surface area contributed by atoms with Crippen LogP contribution in [0.2, 0.25) is 0 Å². The van der Waals surface area contributed by atoms with Crippen LogP contribution in [0.25, 0.3) is 11.1 Å². The fourth-order valence-electron chi connectivity index (χ4n) is 0.978. The second kappa shape index (κ2) is 2.38. The third-order valence-electron chi connectivity index (χ3n) is 1.49. The fraction of sp³-hybridized carbons (Fsp3) is 0. The largest absolute Gasteiger partial charge is 0.508 e. The molecule has 5 heteroatoms. The molecule has 0 saturated heterocycles. The van der Waals surface area contributed by atoms with Gasteiger partial charge in [0.25, 0.3) is 0 Å². The number of aromatic nitrogens is 1. The van der Waals surface area contributed by atoms with Crippen LogP contribution in [-0.2, 0) is 0 Å². The van der Waals surface area contributed by atoms with Gasteiger partial charge in [-0.15, -0.1) is 0 Å². The van der Waals surface area contributed by atoms with Crippen molar-refractivity contribution in [1.82, 2.24) is 4.98 Å². The Morgan fingerprint density at radius 3 is 3.08 bits per heavy atom. The van der Waals surface area contributed by atoms with Crippen molar-refractivity contribution >= 4 is 17.1 Å².